The van der Waals surface area contributed by atoms with E-state index in [9.17, 15) is 0 Å². The monoisotopic (exact) mass is 406 g/mol. The lowest BCUT2D eigenvalue weighted by molar-refractivity contribution is 0.308. The van der Waals surface area contributed by atoms with Crippen LogP contribution in [-0.2, 0) is 6.61 Å². The van der Waals surface area contributed by atoms with Crippen molar-refractivity contribution in [2.45, 2.75) is 6.61 Å². The summed E-state index contributed by atoms with van der Waals surface area (Å²) in [6.45, 7) is 0.526. The third-order valence-electron chi connectivity index (χ3n) is 2.95. The highest BCUT2D eigenvalue weighted by Crippen LogP contribution is 2.20. The Balaban J connectivity index is 1.87. The molecular formula is C16H11IN2OS. The van der Waals surface area contributed by atoms with Crippen molar-refractivity contribution < 1.29 is 4.74 Å². The van der Waals surface area contributed by atoms with E-state index in [1.807, 2.05) is 53.1 Å². The molecule has 2 heterocycles. The number of hydrogen-bond acceptors (Lipinski definition) is 3. The van der Waals surface area contributed by atoms with E-state index in [1.54, 1.807) is 6.20 Å². The molecule has 0 saturated carbocycles. The van der Waals surface area contributed by atoms with Crippen LogP contribution in [0.4, 0.5) is 0 Å². The lowest BCUT2D eigenvalue weighted by Gasteiger charge is -2.07. The third-order valence-corrected chi connectivity index (χ3v) is 3.79. The Morgan fingerprint density at radius 1 is 1.19 bits per heavy atom. The second kappa shape index (κ2) is 6.87. The van der Waals surface area contributed by atoms with Crippen LogP contribution in [0.5, 0.6) is 5.75 Å². The Hall–Kier alpha value is -1.65. The average molecular weight is 406 g/mol. The topological polar surface area (TPSA) is 26.5 Å². The molecule has 0 aliphatic rings. The lowest BCUT2D eigenvalue weighted by atomic mass is 10.2. The number of ether oxygens (including phenoxy) is 1. The van der Waals surface area contributed by atoms with Crippen LogP contribution < -0.4 is 4.74 Å². The molecule has 3 nitrogen and oxygen atoms in total. The van der Waals surface area contributed by atoms with Crippen LogP contribution in [0.3, 0.4) is 0 Å². The molecule has 0 atom stereocenters. The van der Waals surface area contributed by atoms with Crippen molar-refractivity contribution in [3.05, 3.63) is 66.1 Å². The quantitative estimate of drug-likeness (QED) is 0.479. The zero-order chi connectivity index (χ0) is 14.5. The van der Waals surface area contributed by atoms with Crippen molar-refractivity contribution in [3.8, 4) is 16.9 Å². The smallest absolute Gasteiger partial charge is 0.180 e. The van der Waals surface area contributed by atoms with Gasteiger partial charge < -0.3 is 4.74 Å². The first-order chi connectivity index (χ1) is 10.4. The molecule has 1 aromatic carbocycles. The van der Waals surface area contributed by atoms with Crippen molar-refractivity contribution in [3.63, 3.8) is 0 Å². The second-order valence-corrected chi connectivity index (χ2v) is 5.97. The summed E-state index contributed by atoms with van der Waals surface area (Å²) < 4.78 is 7.83. The molecule has 2 aromatic heterocycles. The normalized spacial score (nSPS) is 10.1. The van der Waals surface area contributed by atoms with Crippen LogP contribution in [-0.4, -0.2) is 9.38 Å². The molecule has 0 fully saturated rings. The number of fused-ring (bicyclic) bond motifs is 1. The van der Waals surface area contributed by atoms with E-state index < -0.39 is 0 Å². The summed E-state index contributed by atoms with van der Waals surface area (Å²) in [5.74, 6) is 3.83. The van der Waals surface area contributed by atoms with Gasteiger partial charge in [-0.15, -0.1) is 0 Å². The van der Waals surface area contributed by atoms with Gasteiger partial charge in [0, 0.05) is 27.4 Å². The summed E-state index contributed by atoms with van der Waals surface area (Å²) in [4.78, 5) is 4.41. The number of pyridine rings is 1. The van der Waals surface area contributed by atoms with E-state index in [0.717, 1.165) is 22.7 Å². The first-order valence-corrected chi connectivity index (χ1v) is 9.66. The third kappa shape index (κ3) is 3.34. The van der Waals surface area contributed by atoms with Gasteiger partial charge in [-0.05, 0) is 37.8 Å². The zero-order valence-electron chi connectivity index (χ0n) is 11.0. The first kappa shape index (κ1) is 14.3. The van der Waals surface area contributed by atoms with Gasteiger partial charge in [-0.2, -0.15) is 0 Å². The zero-order valence-corrected chi connectivity index (χ0v) is 14.0. The SMILES string of the molecule is ISC#Cc1cnc2c(OCc3ccccc3)cccn12. The van der Waals surface area contributed by atoms with E-state index >= 15 is 0 Å². The van der Waals surface area contributed by atoms with Gasteiger partial charge in [0.15, 0.2) is 11.4 Å². The largest absolute Gasteiger partial charge is 0.485 e. The average Bonchev–Trinajstić information content (AvgIpc) is 2.95. The van der Waals surface area contributed by atoms with Crippen molar-refractivity contribution in [1.29, 1.82) is 0 Å². The lowest BCUT2D eigenvalue weighted by Crippen LogP contribution is -1.98. The van der Waals surface area contributed by atoms with E-state index in [0.29, 0.717) is 6.61 Å². The molecule has 0 amide bonds. The molecule has 0 aliphatic carbocycles. The molecule has 0 bridgehead atoms. The van der Waals surface area contributed by atoms with Gasteiger partial charge in [0.2, 0.25) is 0 Å². The highest BCUT2D eigenvalue weighted by atomic mass is 127. The molecule has 3 aromatic rings. The molecule has 0 N–H and O–H groups in total. The molecular weight excluding hydrogens is 395 g/mol. The fourth-order valence-corrected chi connectivity index (χ4v) is 2.47. The molecule has 104 valence electrons. The molecule has 0 unspecified atom stereocenters. The van der Waals surface area contributed by atoms with Gasteiger partial charge in [-0.25, -0.2) is 4.98 Å². The number of nitrogens with zero attached hydrogens (tertiary/aromatic N) is 2. The molecule has 0 spiro atoms. The standard InChI is InChI=1S/C16H11IN2OS/c17-21-10-8-14-11-18-16-15(7-4-9-19(14)16)20-12-13-5-2-1-3-6-13/h1-7,9,11H,12H2. The summed E-state index contributed by atoms with van der Waals surface area (Å²) in [5, 5.41) is 2.97. The van der Waals surface area contributed by atoms with Crippen molar-refractivity contribution in [2.75, 3.05) is 0 Å². The summed E-state index contributed by atoms with van der Waals surface area (Å²) in [5.41, 5.74) is 2.78. The van der Waals surface area contributed by atoms with E-state index in [-0.39, 0.29) is 0 Å². The maximum Gasteiger partial charge on any atom is 0.180 e. The summed E-state index contributed by atoms with van der Waals surface area (Å²) in [6.07, 6.45) is 3.71. The maximum absolute atomic E-state index is 5.88. The molecule has 0 saturated heterocycles. The second-order valence-electron chi connectivity index (χ2n) is 4.29. The fraction of sp³-hybridized carbons (Fsp3) is 0.0625. The molecule has 21 heavy (non-hydrogen) atoms. The summed E-state index contributed by atoms with van der Waals surface area (Å²) in [7, 11) is 1.46. The fourth-order valence-electron chi connectivity index (χ4n) is 2.00. The van der Waals surface area contributed by atoms with Gasteiger partial charge in [-0.1, -0.05) is 30.3 Å². The first-order valence-electron chi connectivity index (χ1n) is 6.30. The van der Waals surface area contributed by atoms with Crippen LogP contribution in [0, 0.1) is 11.2 Å². The van der Waals surface area contributed by atoms with Gasteiger partial charge in [0.1, 0.15) is 12.3 Å². The van der Waals surface area contributed by atoms with Gasteiger partial charge in [-0.3, -0.25) is 4.40 Å². The number of benzene rings is 1. The van der Waals surface area contributed by atoms with Crippen molar-refractivity contribution in [1.82, 2.24) is 9.38 Å². The Labute approximate surface area is 139 Å². The highest BCUT2D eigenvalue weighted by molar-refractivity contribution is 14.2. The highest BCUT2D eigenvalue weighted by Gasteiger charge is 2.07. The van der Waals surface area contributed by atoms with Crippen LogP contribution >= 0.6 is 30.1 Å². The Kier molecular flexibility index (Phi) is 4.68. The minimum Gasteiger partial charge on any atom is -0.485 e. The summed E-state index contributed by atoms with van der Waals surface area (Å²) >= 11 is 2.15. The van der Waals surface area contributed by atoms with Crippen LogP contribution in [0.15, 0.2) is 54.9 Å². The van der Waals surface area contributed by atoms with Gasteiger partial charge in [0.05, 0.1) is 6.20 Å². The Morgan fingerprint density at radius 3 is 2.86 bits per heavy atom. The number of imidazole rings is 1. The van der Waals surface area contributed by atoms with E-state index in [4.69, 9.17) is 4.74 Å². The molecule has 3 rings (SSSR count). The van der Waals surface area contributed by atoms with Gasteiger partial charge in [0.25, 0.3) is 0 Å². The number of hydrogen-bond donors (Lipinski definition) is 0. The number of halogens is 1. The van der Waals surface area contributed by atoms with E-state index in [1.165, 1.54) is 8.93 Å². The van der Waals surface area contributed by atoms with Crippen molar-refractivity contribution >= 4 is 35.8 Å². The maximum atomic E-state index is 5.88. The Bertz CT molecular complexity index is 805. The minimum absolute atomic E-state index is 0.526. The predicted molar refractivity (Wildman–Crippen MR) is 94.5 cm³/mol. The van der Waals surface area contributed by atoms with E-state index in [2.05, 4.69) is 37.4 Å². The van der Waals surface area contributed by atoms with Gasteiger partial charge >= 0.3 is 0 Å². The summed E-state index contributed by atoms with van der Waals surface area (Å²) in [6, 6.07) is 14.0. The molecule has 5 heteroatoms. The number of rotatable bonds is 3. The van der Waals surface area contributed by atoms with Crippen LogP contribution in [0.2, 0.25) is 0 Å². The molecule has 0 radical (unpaired) electrons. The van der Waals surface area contributed by atoms with Crippen LogP contribution in [0.25, 0.3) is 5.65 Å². The number of aromatic nitrogens is 2. The van der Waals surface area contributed by atoms with Crippen molar-refractivity contribution in [2.24, 2.45) is 0 Å². The minimum atomic E-state index is 0.526. The Morgan fingerprint density at radius 2 is 2.05 bits per heavy atom. The predicted octanol–water partition coefficient (Wildman–Crippen LogP) is 4.31. The van der Waals surface area contributed by atoms with Crippen LogP contribution in [0.1, 0.15) is 11.3 Å². The molecule has 0 aliphatic heterocycles.